The molecule has 1 unspecified atom stereocenters. The Bertz CT molecular complexity index is 349. The van der Waals surface area contributed by atoms with Crippen LogP contribution in [0.4, 0.5) is 0 Å². The van der Waals surface area contributed by atoms with Gasteiger partial charge in [0.2, 0.25) is 0 Å². The number of methoxy groups -OCH3 is 1. The summed E-state index contributed by atoms with van der Waals surface area (Å²) in [7, 11) is 1.63. The highest BCUT2D eigenvalue weighted by Gasteiger charge is 2.24. The van der Waals surface area contributed by atoms with Gasteiger partial charge in [0.25, 0.3) is 0 Å². The van der Waals surface area contributed by atoms with Crippen LogP contribution in [-0.2, 0) is 5.60 Å². The van der Waals surface area contributed by atoms with E-state index >= 15 is 0 Å². The molecule has 0 aliphatic heterocycles. The zero-order chi connectivity index (χ0) is 13.1. The summed E-state index contributed by atoms with van der Waals surface area (Å²) in [5.74, 6) is 0.799. The summed E-state index contributed by atoms with van der Waals surface area (Å²) >= 11 is 0. The Kier molecular flexibility index (Phi) is 4.17. The Morgan fingerprint density at radius 2 is 1.65 bits per heavy atom. The number of benzene rings is 1. The Morgan fingerprint density at radius 3 is 2.06 bits per heavy atom. The molecule has 1 atom stereocenters. The molecule has 0 aromatic heterocycles. The van der Waals surface area contributed by atoms with Gasteiger partial charge in [-0.3, -0.25) is 0 Å². The molecule has 96 valence electrons. The van der Waals surface area contributed by atoms with E-state index in [1.807, 2.05) is 31.2 Å². The molecule has 0 saturated carbocycles. The van der Waals surface area contributed by atoms with E-state index in [0.29, 0.717) is 6.54 Å². The van der Waals surface area contributed by atoms with Crippen molar-refractivity contribution in [3.05, 3.63) is 29.8 Å². The second-order valence-electron chi connectivity index (χ2n) is 5.61. The smallest absolute Gasteiger partial charge is 0.118 e. The number of nitrogens with one attached hydrogen (secondary N) is 1. The van der Waals surface area contributed by atoms with Gasteiger partial charge in [-0.2, -0.15) is 0 Å². The molecule has 0 heterocycles. The number of ether oxygens (including phenoxy) is 1. The third-order valence-electron chi connectivity index (χ3n) is 2.67. The Labute approximate surface area is 104 Å². The lowest BCUT2D eigenvalue weighted by molar-refractivity contribution is 0.0501. The van der Waals surface area contributed by atoms with Crippen molar-refractivity contribution in [3.63, 3.8) is 0 Å². The summed E-state index contributed by atoms with van der Waals surface area (Å²) in [4.78, 5) is 0. The molecule has 3 heteroatoms. The number of hydrogen-bond acceptors (Lipinski definition) is 3. The van der Waals surface area contributed by atoms with Crippen molar-refractivity contribution >= 4 is 0 Å². The average molecular weight is 237 g/mol. The zero-order valence-corrected chi connectivity index (χ0v) is 11.4. The van der Waals surface area contributed by atoms with Crippen LogP contribution in [0.1, 0.15) is 33.3 Å². The highest BCUT2D eigenvalue weighted by molar-refractivity contribution is 5.30. The van der Waals surface area contributed by atoms with Crippen molar-refractivity contribution in [3.8, 4) is 5.75 Å². The van der Waals surface area contributed by atoms with Crippen molar-refractivity contribution in [2.45, 2.75) is 38.8 Å². The fourth-order valence-electron chi connectivity index (χ4n) is 1.49. The molecular formula is C14H23NO2. The largest absolute Gasteiger partial charge is 0.497 e. The molecule has 0 amide bonds. The van der Waals surface area contributed by atoms with E-state index < -0.39 is 5.60 Å². The standard InChI is InChI=1S/C14H23NO2/c1-13(2,3)15-10-14(4,16)11-6-8-12(17-5)9-7-11/h6-9,15-16H,10H2,1-5H3. The van der Waals surface area contributed by atoms with Gasteiger partial charge >= 0.3 is 0 Å². The van der Waals surface area contributed by atoms with Gasteiger partial charge in [0.15, 0.2) is 0 Å². The minimum Gasteiger partial charge on any atom is -0.497 e. The number of rotatable bonds is 4. The van der Waals surface area contributed by atoms with E-state index in [9.17, 15) is 5.11 Å². The van der Waals surface area contributed by atoms with Crippen LogP contribution in [0.3, 0.4) is 0 Å². The van der Waals surface area contributed by atoms with Crippen molar-refractivity contribution in [1.29, 1.82) is 0 Å². The van der Waals surface area contributed by atoms with E-state index in [-0.39, 0.29) is 5.54 Å². The van der Waals surface area contributed by atoms with Crippen LogP contribution >= 0.6 is 0 Å². The quantitative estimate of drug-likeness (QED) is 0.844. The van der Waals surface area contributed by atoms with Crippen LogP contribution in [0.25, 0.3) is 0 Å². The van der Waals surface area contributed by atoms with E-state index in [4.69, 9.17) is 4.74 Å². The summed E-state index contributed by atoms with van der Waals surface area (Å²) in [5.41, 5.74) is 0.00535. The highest BCUT2D eigenvalue weighted by atomic mass is 16.5. The first-order valence-corrected chi connectivity index (χ1v) is 5.86. The predicted octanol–water partition coefficient (Wildman–Crippen LogP) is 2.29. The van der Waals surface area contributed by atoms with Crippen molar-refractivity contribution in [2.75, 3.05) is 13.7 Å². The second kappa shape index (κ2) is 5.07. The van der Waals surface area contributed by atoms with Crippen molar-refractivity contribution in [2.24, 2.45) is 0 Å². The van der Waals surface area contributed by atoms with Gasteiger partial charge in [-0.25, -0.2) is 0 Å². The maximum atomic E-state index is 10.4. The second-order valence-corrected chi connectivity index (χ2v) is 5.61. The molecule has 0 radical (unpaired) electrons. The molecule has 0 aliphatic rings. The minimum atomic E-state index is -0.875. The topological polar surface area (TPSA) is 41.5 Å². The maximum Gasteiger partial charge on any atom is 0.118 e. The van der Waals surface area contributed by atoms with Crippen LogP contribution in [0.5, 0.6) is 5.75 Å². The zero-order valence-electron chi connectivity index (χ0n) is 11.4. The first-order chi connectivity index (χ1) is 7.74. The van der Waals surface area contributed by atoms with Gasteiger partial charge in [-0.1, -0.05) is 12.1 Å². The summed E-state index contributed by atoms with van der Waals surface area (Å²) < 4.78 is 5.10. The highest BCUT2D eigenvalue weighted by Crippen LogP contribution is 2.23. The molecule has 17 heavy (non-hydrogen) atoms. The van der Waals surface area contributed by atoms with Gasteiger partial charge in [0.1, 0.15) is 5.75 Å². The molecule has 1 rings (SSSR count). The molecule has 1 aromatic carbocycles. The normalized spacial score (nSPS) is 15.4. The molecule has 0 aliphatic carbocycles. The Morgan fingerprint density at radius 1 is 1.12 bits per heavy atom. The molecule has 0 fully saturated rings. The summed E-state index contributed by atoms with van der Waals surface area (Å²) in [5, 5.41) is 13.7. The lowest BCUT2D eigenvalue weighted by Gasteiger charge is -2.29. The third-order valence-corrected chi connectivity index (χ3v) is 2.67. The fraction of sp³-hybridized carbons (Fsp3) is 0.571. The van der Waals surface area contributed by atoms with Crippen LogP contribution in [0.2, 0.25) is 0 Å². The summed E-state index contributed by atoms with van der Waals surface area (Å²) in [6.45, 7) is 8.57. The molecule has 1 aromatic rings. The molecular weight excluding hydrogens is 214 g/mol. The molecule has 0 spiro atoms. The summed E-state index contributed by atoms with van der Waals surface area (Å²) in [6.07, 6.45) is 0. The van der Waals surface area contributed by atoms with Crippen LogP contribution in [0, 0.1) is 0 Å². The predicted molar refractivity (Wildman–Crippen MR) is 70.3 cm³/mol. The third kappa shape index (κ3) is 4.36. The van der Waals surface area contributed by atoms with Gasteiger partial charge in [0, 0.05) is 12.1 Å². The van der Waals surface area contributed by atoms with E-state index in [1.165, 1.54) is 0 Å². The van der Waals surface area contributed by atoms with Gasteiger partial charge in [0.05, 0.1) is 12.7 Å². The molecule has 3 nitrogen and oxygen atoms in total. The number of hydrogen-bond donors (Lipinski definition) is 2. The van der Waals surface area contributed by atoms with Gasteiger partial charge in [-0.15, -0.1) is 0 Å². The molecule has 0 saturated heterocycles. The lowest BCUT2D eigenvalue weighted by Crippen LogP contribution is -2.44. The van der Waals surface area contributed by atoms with E-state index in [2.05, 4.69) is 26.1 Å². The van der Waals surface area contributed by atoms with Crippen molar-refractivity contribution in [1.82, 2.24) is 5.32 Å². The van der Waals surface area contributed by atoms with Crippen LogP contribution in [-0.4, -0.2) is 24.3 Å². The summed E-state index contributed by atoms with van der Waals surface area (Å²) in [6, 6.07) is 7.51. The maximum absolute atomic E-state index is 10.4. The number of aliphatic hydroxyl groups is 1. The Hall–Kier alpha value is -1.06. The first-order valence-electron chi connectivity index (χ1n) is 5.86. The van der Waals surface area contributed by atoms with Crippen LogP contribution < -0.4 is 10.1 Å². The average Bonchev–Trinajstić information content (AvgIpc) is 2.26. The number of β-amino-alcohol motifs (C(OH)–C–C–N with tert-alkyl or cyclic N) is 1. The SMILES string of the molecule is COc1ccc(C(C)(O)CNC(C)(C)C)cc1. The van der Waals surface area contributed by atoms with Gasteiger partial charge in [-0.05, 0) is 45.4 Å². The molecule has 0 bridgehead atoms. The van der Waals surface area contributed by atoms with E-state index in [1.54, 1.807) is 7.11 Å². The van der Waals surface area contributed by atoms with Crippen molar-refractivity contribution < 1.29 is 9.84 Å². The van der Waals surface area contributed by atoms with Gasteiger partial charge < -0.3 is 15.2 Å². The van der Waals surface area contributed by atoms with E-state index in [0.717, 1.165) is 11.3 Å². The Balaban J connectivity index is 2.74. The lowest BCUT2D eigenvalue weighted by atomic mass is 9.94. The first kappa shape index (κ1) is 14.0. The fourth-order valence-corrected chi connectivity index (χ4v) is 1.49. The molecule has 2 N–H and O–H groups in total. The minimum absolute atomic E-state index is 0.00351. The van der Waals surface area contributed by atoms with Crippen LogP contribution in [0.15, 0.2) is 24.3 Å². The monoisotopic (exact) mass is 237 g/mol.